The second-order valence-electron chi connectivity index (χ2n) is 5.46. The Hall–Kier alpha value is -0.940. The van der Waals surface area contributed by atoms with Crippen molar-refractivity contribution in [3.8, 4) is 0 Å². The molecule has 4 unspecified atom stereocenters. The first kappa shape index (κ1) is 11.2. The Balaban J connectivity index is 1.70. The first-order valence-electron chi connectivity index (χ1n) is 6.47. The molecule has 94 valence electrons. The summed E-state index contributed by atoms with van der Waals surface area (Å²) in [4.78, 5) is 4.49. The van der Waals surface area contributed by atoms with Crippen LogP contribution in [0.2, 0.25) is 0 Å². The van der Waals surface area contributed by atoms with Gasteiger partial charge >= 0.3 is 0 Å². The van der Waals surface area contributed by atoms with Gasteiger partial charge in [0.15, 0.2) is 5.82 Å². The molecule has 0 spiro atoms. The molecular weight excluding hydrogens is 218 g/mol. The van der Waals surface area contributed by atoms with Crippen LogP contribution in [0.15, 0.2) is 4.52 Å². The number of hydrogen-bond acceptors (Lipinski definition) is 5. The van der Waals surface area contributed by atoms with Crippen molar-refractivity contribution in [3.63, 3.8) is 0 Å². The summed E-state index contributed by atoms with van der Waals surface area (Å²) in [6, 6.07) is 0.0325. The molecule has 1 aromatic rings. The minimum Gasteiger partial charge on any atom is -0.392 e. The topological polar surface area (TPSA) is 71.2 Å². The number of aliphatic hydroxyl groups excluding tert-OH is 1. The maximum atomic E-state index is 9.46. The van der Waals surface area contributed by atoms with Gasteiger partial charge in [-0.15, -0.1) is 0 Å². The van der Waals surface area contributed by atoms with Gasteiger partial charge in [-0.25, -0.2) is 0 Å². The highest BCUT2D eigenvalue weighted by atomic mass is 16.5. The molecule has 0 aromatic carbocycles. The molecule has 5 nitrogen and oxygen atoms in total. The number of aliphatic hydroxyl groups is 1. The minimum absolute atomic E-state index is 0.0325. The van der Waals surface area contributed by atoms with E-state index in [9.17, 15) is 5.11 Å². The third-order valence-corrected chi connectivity index (χ3v) is 3.92. The Morgan fingerprint density at radius 1 is 1.35 bits per heavy atom. The molecule has 5 heteroatoms. The lowest BCUT2D eigenvalue weighted by molar-refractivity contribution is 0.191. The first-order chi connectivity index (χ1) is 8.22. The van der Waals surface area contributed by atoms with Crippen LogP contribution in [0.25, 0.3) is 0 Å². The molecule has 1 aliphatic heterocycles. The summed E-state index contributed by atoms with van der Waals surface area (Å²) in [6.07, 6.45) is 3.97. The van der Waals surface area contributed by atoms with Gasteiger partial charge < -0.3 is 14.9 Å². The summed E-state index contributed by atoms with van der Waals surface area (Å²) in [5.41, 5.74) is 0. The van der Waals surface area contributed by atoms with E-state index in [1.807, 2.05) is 0 Å². The Labute approximate surface area is 101 Å². The monoisotopic (exact) mass is 237 g/mol. The van der Waals surface area contributed by atoms with Gasteiger partial charge in [-0.1, -0.05) is 12.1 Å². The van der Waals surface area contributed by atoms with Gasteiger partial charge in [0.05, 0.1) is 12.1 Å². The molecule has 0 bridgehead atoms. The Morgan fingerprint density at radius 3 is 2.88 bits per heavy atom. The van der Waals surface area contributed by atoms with Crippen molar-refractivity contribution in [1.82, 2.24) is 15.5 Å². The number of β-amino-alcohol motifs (C(OH)–C–C–N with tert-alkyl or cyclic N) is 1. The second-order valence-corrected chi connectivity index (χ2v) is 5.46. The van der Waals surface area contributed by atoms with Crippen molar-refractivity contribution in [3.05, 3.63) is 11.7 Å². The normalized spacial score (nSPS) is 37.8. The summed E-state index contributed by atoms with van der Waals surface area (Å²) in [5.74, 6) is 2.73. The van der Waals surface area contributed by atoms with E-state index in [0.29, 0.717) is 24.8 Å². The number of rotatable bonds is 2. The van der Waals surface area contributed by atoms with Crippen LogP contribution >= 0.6 is 0 Å². The van der Waals surface area contributed by atoms with Crippen molar-refractivity contribution >= 4 is 0 Å². The van der Waals surface area contributed by atoms with Crippen molar-refractivity contribution in [2.45, 2.75) is 50.7 Å². The van der Waals surface area contributed by atoms with E-state index in [0.717, 1.165) is 11.7 Å². The smallest absolute Gasteiger partial charge is 0.243 e. The highest BCUT2D eigenvalue weighted by molar-refractivity contribution is 5.03. The zero-order chi connectivity index (χ0) is 11.8. The number of nitrogens with one attached hydrogen (secondary N) is 1. The molecule has 1 aliphatic carbocycles. The van der Waals surface area contributed by atoms with Crippen LogP contribution in [0.4, 0.5) is 0 Å². The average molecular weight is 237 g/mol. The van der Waals surface area contributed by atoms with Gasteiger partial charge in [-0.2, -0.15) is 4.98 Å². The summed E-state index contributed by atoms with van der Waals surface area (Å²) >= 11 is 0. The van der Waals surface area contributed by atoms with Crippen LogP contribution in [0.1, 0.15) is 56.3 Å². The fourth-order valence-corrected chi connectivity index (χ4v) is 2.90. The van der Waals surface area contributed by atoms with Crippen molar-refractivity contribution in [2.24, 2.45) is 5.92 Å². The van der Waals surface area contributed by atoms with Crippen molar-refractivity contribution < 1.29 is 9.63 Å². The van der Waals surface area contributed by atoms with Crippen LogP contribution in [-0.4, -0.2) is 27.9 Å². The highest BCUT2D eigenvalue weighted by Gasteiger charge is 2.31. The molecule has 2 fully saturated rings. The lowest BCUT2D eigenvalue weighted by Crippen LogP contribution is -2.15. The van der Waals surface area contributed by atoms with Gasteiger partial charge in [0.1, 0.15) is 0 Å². The summed E-state index contributed by atoms with van der Waals surface area (Å²) in [6.45, 7) is 2.89. The van der Waals surface area contributed by atoms with E-state index in [-0.39, 0.29) is 12.1 Å². The van der Waals surface area contributed by atoms with E-state index in [1.165, 1.54) is 19.3 Å². The van der Waals surface area contributed by atoms with Crippen molar-refractivity contribution in [1.29, 1.82) is 0 Å². The molecule has 1 saturated heterocycles. The Bertz CT molecular complexity index is 358. The lowest BCUT2D eigenvalue weighted by Gasteiger charge is -2.03. The number of nitrogens with zero attached hydrogens (tertiary/aromatic N) is 2. The zero-order valence-corrected chi connectivity index (χ0v) is 10.1. The first-order valence-corrected chi connectivity index (χ1v) is 6.47. The molecule has 17 heavy (non-hydrogen) atoms. The highest BCUT2D eigenvalue weighted by Crippen LogP contribution is 2.37. The molecule has 3 rings (SSSR count). The predicted molar refractivity (Wildman–Crippen MR) is 61.4 cm³/mol. The van der Waals surface area contributed by atoms with Crippen molar-refractivity contribution in [2.75, 3.05) is 6.54 Å². The molecular formula is C12H19N3O2. The van der Waals surface area contributed by atoms with E-state index in [2.05, 4.69) is 22.4 Å². The lowest BCUT2D eigenvalue weighted by atomic mass is 10.1. The van der Waals surface area contributed by atoms with Gasteiger partial charge in [0, 0.05) is 12.5 Å². The SMILES string of the molecule is CC1CCC(c2noc(C3CC(O)CN3)n2)C1. The molecule has 1 aromatic heterocycles. The van der Waals surface area contributed by atoms with Gasteiger partial charge in [0.2, 0.25) is 5.89 Å². The Kier molecular flexibility index (Phi) is 2.88. The molecule has 2 N–H and O–H groups in total. The molecule has 0 amide bonds. The van der Waals surface area contributed by atoms with Crippen LogP contribution < -0.4 is 5.32 Å². The third-order valence-electron chi connectivity index (χ3n) is 3.92. The Morgan fingerprint density at radius 2 is 2.24 bits per heavy atom. The predicted octanol–water partition coefficient (Wildman–Crippen LogP) is 1.37. The molecule has 4 atom stereocenters. The van der Waals surface area contributed by atoms with Crippen LogP contribution in [-0.2, 0) is 0 Å². The molecule has 2 aliphatic rings. The van der Waals surface area contributed by atoms with Gasteiger partial charge in [-0.05, 0) is 31.6 Å². The van der Waals surface area contributed by atoms with Gasteiger partial charge in [0.25, 0.3) is 0 Å². The van der Waals surface area contributed by atoms with Crippen LogP contribution in [0, 0.1) is 5.92 Å². The quantitative estimate of drug-likeness (QED) is 0.813. The molecule has 1 saturated carbocycles. The average Bonchev–Trinajstić information content (AvgIpc) is 2.96. The summed E-state index contributed by atoms with van der Waals surface area (Å²) in [5, 5.41) is 16.7. The molecule has 0 radical (unpaired) electrons. The largest absolute Gasteiger partial charge is 0.392 e. The molecule has 2 heterocycles. The van der Waals surface area contributed by atoms with Crippen LogP contribution in [0.5, 0.6) is 0 Å². The fourth-order valence-electron chi connectivity index (χ4n) is 2.90. The van der Waals surface area contributed by atoms with Gasteiger partial charge in [-0.3, -0.25) is 0 Å². The number of aromatic nitrogens is 2. The second kappa shape index (κ2) is 4.38. The van der Waals surface area contributed by atoms with E-state index >= 15 is 0 Å². The van der Waals surface area contributed by atoms with E-state index in [4.69, 9.17) is 4.52 Å². The third kappa shape index (κ3) is 2.21. The van der Waals surface area contributed by atoms with E-state index in [1.54, 1.807) is 0 Å². The standard InChI is InChI=1S/C12H19N3O2/c1-7-2-3-8(4-7)11-14-12(17-15-11)10-5-9(16)6-13-10/h7-10,13,16H,2-6H2,1H3. The summed E-state index contributed by atoms with van der Waals surface area (Å²) in [7, 11) is 0. The number of hydrogen-bond donors (Lipinski definition) is 2. The fraction of sp³-hybridized carbons (Fsp3) is 0.833. The maximum Gasteiger partial charge on any atom is 0.243 e. The maximum absolute atomic E-state index is 9.46. The van der Waals surface area contributed by atoms with E-state index < -0.39 is 0 Å². The zero-order valence-electron chi connectivity index (χ0n) is 10.1. The summed E-state index contributed by atoms with van der Waals surface area (Å²) < 4.78 is 5.31. The van der Waals surface area contributed by atoms with Crippen LogP contribution in [0.3, 0.4) is 0 Å². The minimum atomic E-state index is -0.290.